The van der Waals surface area contributed by atoms with Gasteiger partial charge in [0.1, 0.15) is 15.0 Å². The molecule has 1 heterocycles. The smallest absolute Gasteiger partial charge is 0.220 e. The number of hydrogen-bond acceptors (Lipinski definition) is 2. The van der Waals surface area contributed by atoms with Crippen LogP contribution < -0.4 is 10.4 Å². The molecule has 0 N–H and O–H groups in total. The van der Waals surface area contributed by atoms with Crippen LogP contribution in [0.4, 0.5) is 0 Å². The molecule has 1 aromatic heterocycles. The van der Waals surface area contributed by atoms with Crippen LogP contribution in [0.2, 0.25) is 0 Å². The number of fused-ring (bicyclic) bond motifs is 1. The lowest BCUT2D eigenvalue weighted by molar-refractivity contribution is 0.590. The second-order valence-corrected chi connectivity index (χ2v) is 6.87. The van der Waals surface area contributed by atoms with Crippen molar-refractivity contribution in [3.05, 3.63) is 90.3 Å². The van der Waals surface area contributed by atoms with Gasteiger partial charge in [0.15, 0.2) is 5.58 Å². The Bertz CT molecular complexity index is 939. The molecule has 0 aliphatic heterocycles. The maximum Gasteiger partial charge on any atom is 0.220 e. The summed E-state index contributed by atoms with van der Waals surface area (Å²) in [6.45, 7) is 0. The molecule has 0 fully saturated rings. The molecule has 2 nitrogen and oxygen atoms in total. The maximum atomic E-state index is 5.70. The van der Waals surface area contributed by atoms with Crippen molar-refractivity contribution in [2.75, 3.05) is 0 Å². The number of aromatic nitrogens is 1. The second kappa shape index (κ2) is 6.68. The minimum atomic E-state index is 0.631. The van der Waals surface area contributed by atoms with E-state index >= 15 is 0 Å². The van der Waals surface area contributed by atoms with Crippen LogP contribution in [0.3, 0.4) is 0 Å². The monoisotopic (exact) mass is 325 g/mol. The first-order chi connectivity index (χ1) is 11.9. The molecule has 0 atom stereocenters. The molecule has 0 saturated heterocycles. The standard InChI is InChI=1S/C21H15NOSi/c1-2-6-17(7-3-1)24-18-13-10-16(11-14-18)12-15-21-22-19-8-4-5-9-20(19)23-21/h1-15H. The SMILES string of the molecule is C(=Cc1nc2ccccc2o1)c1ccc([Si]c2ccccc2)cc1. The minimum absolute atomic E-state index is 0.631. The van der Waals surface area contributed by atoms with E-state index in [1.807, 2.05) is 42.5 Å². The molecule has 3 aromatic carbocycles. The third kappa shape index (κ3) is 3.36. The Kier molecular flexibility index (Phi) is 4.08. The zero-order valence-electron chi connectivity index (χ0n) is 13.0. The topological polar surface area (TPSA) is 26.0 Å². The molecule has 4 aromatic rings. The third-order valence-electron chi connectivity index (χ3n) is 3.70. The van der Waals surface area contributed by atoms with Crippen molar-refractivity contribution in [3.63, 3.8) is 0 Å². The van der Waals surface area contributed by atoms with Crippen LogP contribution in [0.25, 0.3) is 23.3 Å². The highest BCUT2D eigenvalue weighted by Gasteiger charge is 2.01. The Morgan fingerprint density at radius 3 is 2.21 bits per heavy atom. The molecule has 0 saturated carbocycles. The van der Waals surface area contributed by atoms with Gasteiger partial charge in [-0.15, -0.1) is 0 Å². The van der Waals surface area contributed by atoms with Crippen molar-refractivity contribution >= 4 is 43.1 Å². The number of benzene rings is 3. The first-order valence-electron chi connectivity index (χ1n) is 7.83. The lowest BCUT2D eigenvalue weighted by atomic mass is 10.2. The van der Waals surface area contributed by atoms with Gasteiger partial charge < -0.3 is 4.42 Å². The van der Waals surface area contributed by atoms with E-state index in [-0.39, 0.29) is 0 Å². The summed E-state index contributed by atoms with van der Waals surface area (Å²) in [4.78, 5) is 4.45. The van der Waals surface area contributed by atoms with Gasteiger partial charge in [-0.2, -0.15) is 0 Å². The first kappa shape index (κ1) is 14.7. The summed E-state index contributed by atoms with van der Waals surface area (Å²) in [7, 11) is 0.686. The van der Waals surface area contributed by atoms with Crippen LogP contribution in [0.1, 0.15) is 11.5 Å². The Hall–Kier alpha value is -2.91. The number of para-hydroxylation sites is 2. The van der Waals surface area contributed by atoms with Gasteiger partial charge in [-0.05, 0) is 23.8 Å². The van der Waals surface area contributed by atoms with Crippen molar-refractivity contribution in [1.29, 1.82) is 0 Å². The molecule has 2 radical (unpaired) electrons. The zero-order valence-corrected chi connectivity index (χ0v) is 14.0. The molecule has 0 unspecified atom stereocenters. The van der Waals surface area contributed by atoms with Gasteiger partial charge in [-0.25, -0.2) is 4.98 Å². The highest BCUT2D eigenvalue weighted by atomic mass is 28.2. The Labute approximate surface area is 143 Å². The van der Waals surface area contributed by atoms with Crippen LogP contribution >= 0.6 is 0 Å². The lowest BCUT2D eigenvalue weighted by Crippen LogP contribution is -2.26. The van der Waals surface area contributed by atoms with E-state index < -0.39 is 0 Å². The summed E-state index contributed by atoms with van der Waals surface area (Å²) >= 11 is 0. The summed E-state index contributed by atoms with van der Waals surface area (Å²) in [5.41, 5.74) is 2.84. The largest absolute Gasteiger partial charge is 0.437 e. The maximum absolute atomic E-state index is 5.70. The fourth-order valence-corrected chi connectivity index (χ4v) is 3.52. The summed E-state index contributed by atoms with van der Waals surface area (Å²) < 4.78 is 5.70. The highest BCUT2D eigenvalue weighted by Crippen LogP contribution is 2.16. The summed E-state index contributed by atoms with van der Waals surface area (Å²) in [6.07, 6.45) is 3.94. The fourth-order valence-electron chi connectivity index (χ4n) is 2.49. The van der Waals surface area contributed by atoms with E-state index in [9.17, 15) is 0 Å². The second-order valence-electron chi connectivity index (χ2n) is 5.47. The van der Waals surface area contributed by atoms with Crippen molar-refractivity contribution < 1.29 is 4.42 Å². The van der Waals surface area contributed by atoms with E-state index in [0.717, 1.165) is 16.7 Å². The molecule has 4 rings (SSSR count). The Morgan fingerprint density at radius 1 is 0.708 bits per heavy atom. The minimum Gasteiger partial charge on any atom is -0.437 e. The van der Waals surface area contributed by atoms with E-state index in [0.29, 0.717) is 15.4 Å². The molecule has 0 aliphatic rings. The van der Waals surface area contributed by atoms with E-state index in [4.69, 9.17) is 4.42 Å². The average Bonchev–Trinajstić information content (AvgIpc) is 3.05. The van der Waals surface area contributed by atoms with Crippen molar-refractivity contribution in [1.82, 2.24) is 4.98 Å². The highest BCUT2D eigenvalue weighted by molar-refractivity contribution is 6.67. The molecule has 24 heavy (non-hydrogen) atoms. The predicted octanol–water partition coefficient (Wildman–Crippen LogP) is 3.65. The van der Waals surface area contributed by atoms with Crippen LogP contribution in [-0.2, 0) is 0 Å². The van der Waals surface area contributed by atoms with Crippen LogP contribution in [0, 0.1) is 0 Å². The molecule has 0 bridgehead atoms. The molecule has 0 amide bonds. The third-order valence-corrected chi connectivity index (χ3v) is 4.95. The normalized spacial score (nSPS) is 11.3. The van der Waals surface area contributed by atoms with Gasteiger partial charge in [-0.1, -0.05) is 77.1 Å². The van der Waals surface area contributed by atoms with Gasteiger partial charge in [0.25, 0.3) is 0 Å². The number of nitrogens with zero attached hydrogens (tertiary/aromatic N) is 1. The molecular weight excluding hydrogens is 310 g/mol. The molecular formula is C21H15NOSi. The fraction of sp³-hybridized carbons (Fsp3) is 0. The van der Waals surface area contributed by atoms with Crippen molar-refractivity contribution in [2.45, 2.75) is 0 Å². The number of hydrogen-bond donors (Lipinski definition) is 0. The summed E-state index contributed by atoms with van der Waals surface area (Å²) in [5, 5.41) is 2.69. The van der Waals surface area contributed by atoms with Gasteiger partial charge in [0.2, 0.25) is 5.89 Å². The van der Waals surface area contributed by atoms with Crippen LogP contribution in [0.5, 0.6) is 0 Å². The first-order valence-corrected chi connectivity index (χ1v) is 8.83. The zero-order chi connectivity index (χ0) is 16.2. The Balaban J connectivity index is 1.48. The average molecular weight is 325 g/mol. The predicted molar refractivity (Wildman–Crippen MR) is 101 cm³/mol. The summed E-state index contributed by atoms with van der Waals surface area (Å²) in [5.74, 6) is 0.631. The number of oxazole rings is 1. The van der Waals surface area contributed by atoms with Gasteiger partial charge in [-0.3, -0.25) is 0 Å². The number of rotatable bonds is 4. The Morgan fingerprint density at radius 2 is 1.42 bits per heavy atom. The quantitative estimate of drug-likeness (QED) is 0.535. The van der Waals surface area contributed by atoms with Gasteiger partial charge in [0, 0.05) is 6.08 Å². The van der Waals surface area contributed by atoms with Gasteiger partial charge >= 0.3 is 0 Å². The lowest BCUT2D eigenvalue weighted by Gasteiger charge is -2.01. The van der Waals surface area contributed by atoms with E-state index in [1.54, 1.807) is 0 Å². The van der Waals surface area contributed by atoms with Crippen molar-refractivity contribution in [3.8, 4) is 0 Å². The van der Waals surface area contributed by atoms with E-state index in [1.165, 1.54) is 10.4 Å². The van der Waals surface area contributed by atoms with Gasteiger partial charge in [0.05, 0.1) is 0 Å². The molecule has 3 heteroatoms. The van der Waals surface area contributed by atoms with Crippen LogP contribution in [0.15, 0.2) is 83.3 Å². The molecule has 0 spiro atoms. The van der Waals surface area contributed by atoms with E-state index in [2.05, 4.69) is 53.5 Å². The molecule has 114 valence electrons. The van der Waals surface area contributed by atoms with Crippen molar-refractivity contribution in [2.24, 2.45) is 0 Å². The molecule has 0 aliphatic carbocycles. The van der Waals surface area contributed by atoms with Crippen LogP contribution in [-0.4, -0.2) is 14.5 Å². The summed E-state index contributed by atoms with van der Waals surface area (Å²) in [6, 6.07) is 27.0.